The van der Waals surface area contributed by atoms with Crippen molar-refractivity contribution < 1.29 is 49.0 Å². The van der Waals surface area contributed by atoms with E-state index >= 15 is 0 Å². The van der Waals surface area contributed by atoms with Gasteiger partial charge in [0.2, 0.25) is 6.29 Å². The minimum Gasteiger partial charge on any atom is -0.497 e. The van der Waals surface area contributed by atoms with E-state index in [1.165, 1.54) is 19.2 Å². The van der Waals surface area contributed by atoms with E-state index in [1.807, 2.05) is 12.1 Å². The highest BCUT2D eigenvalue weighted by Gasteiger charge is 2.48. The quantitative estimate of drug-likeness (QED) is 0.189. The number of benzene rings is 3. The van der Waals surface area contributed by atoms with E-state index in [-0.39, 0.29) is 22.6 Å². The summed E-state index contributed by atoms with van der Waals surface area (Å²) < 4.78 is 16.6. The number of carbonyl (C=O) groups excluding carboxylic acids is 2. The number of anilines is 3. The summed E-state index contributed by atoms with van der Waals surface area (Å²) in [7, 11) is 3.59. The first-order valence-corrected chi connectivity index (χ1v) is 16.0. The molecule has 256 valence electrons. The summed E-state index contributed by atoms with van der Waals surface area (Å²) in [6, 6.07) is 16.4. The lowest BCUT2D eigenvalue weighted by molar-refractivity contribution is -0.271. The highest BCUT2D eigenvalue weighted by atomic mass is 79.9. The molecular formula is C33H37BrN4O10. The molecule has 2 aliphatic heterocycles. The molecular weight excluding hydrogens is 692 g/mol. The summed E-state index contributed by atoms with van der Waals surface area (Å²) in [6.07, 6.45) is -8.49. The first-order valence-electron chi connectivity index (χ1n) is 15.2. The summed E-state index contributed by atoms with van der Waals surface area (Å²) in [6.45, 7) is 3.64. The minimum atomic E-state index is -1.94. The molecule has 0 aliphatic carbocycles. The average molecular weight is 730 g/mol. The summed E-state index contributed by atoms with van der Waals surface area (Å²) in [5, 5.41) is 46.1. The standard InChI is InChI=1S/C33H37BrN4O10/c1-37-12-3-13-38(15-14-37)21-8-4-18(5-9-21)30(42)36-25-23(31(43)35-20-6-10-22(46-2)11-7-20)16-19(34)17-24(25)47-33-28(41)26(39)27(40)29(48-33)32(44)45/h4-11,16-17,26-29,33,39-41H,3,12-15H2,1-2H3,(H,35,43)(H,36,42)(H,44,45)/t26-,27-,28+,29-,33+/m0/s1. The summed E-state index contributed by atoms with van der Waals surface area (Å²) in [4.78, 5) is 43.5. The molecule has 5 rings (SSSR count). The molecule has 2 saturated heterocycles. The molecule has 0 unspecified atom stereocenters. The van der Waals surface area contributed by atoms with Crippen molar-refractivity contribution in [3.8, 4) is 11.5 Å². The van der Waals surface area contributed by atoms with Crippen molar-refractivity contribution in [3.63, 3.8) is 0 Å². The number of amides is 2. The molecule has 0 aromatic heterocycles. The molecule has 2 amide bonds. The van der Waals surface area contributed by atoms with E-state index < -0.39 is 48.5 Å². The zero-order valence-corrected chi connectivity index (χ0v) is 27.8. The number of rotatable bonds is 9. The third-order valence-electron chi connectivity index (χ3n) is 8.17. The van der Waals surface area contributed by atoms with Gasteiger partial charge in [-0.25, -0.2) is 4.79 Å². The maximum absolute atomic E-state index is 13.7. The van der Waals surface area contributed by atoms with Gasteiger partial charge >= 0.3 is 5.97 Å². The number of aliphatic carboxylic acids is 1. The Balaban J connectivity index is 1.46. The number of carbonyl (C=O) groups is 3. The number of aliphatic hydroxyl groups is 3. The SMILES string of the molecule is COc1ccc(NC(=O)c2cc(Br)cc(O[C@@H]3O[C@H](C(=O)O)[C@@H](O)[C@H](O)[C@H]3O)c2NC(=O)c2ccc(N3CCCN(C)CC3)cc2)cc1. The third kappa shape index (κ3) is 8.06. The predicted molar refractivity (Wildman–Crippen MR) is 179 cm³/mol. The molecule has 48 heavy (non-hydrogen) atoms. The van der Waals surface area contributed by atoms with Crippen LogP contribution in [0.3, 0.4) is 0 Å². The lowest BCUT2D eigenvalue weighted by Gasteiger charge is -2.38. The van der Waals surface area contributed by atoms with Crippen molar-refractivity contribution in [2.24, 2.45) is 0 Å². The van der Waals surface area contributed by atoms with Gasteiger partial charge in [-0.1, -0.05) is 15.9 Å². The number of carboxylic acids is 1. The molecule has 0 spiro atoms. The fourth-order valence-corrected chi connectivity index (χ4v) is 5.88. The largest absolute Gasteiger partial charge is 0.497 e. The van der Waals surface area contributed by atoms with E-state index in [9.17, 15) is 34.8 Å². The second kappa shape index (κ2) is 15.3. The maximum atomic E-state index is 13.7. The van der Waals surface area contributed by atoms with Crippen LogP contribution in [0.4, 0.5) is 17.1 Å². The smallest absolute Gasteiger partial charge is 0.335 e. The van der Waals surface area contributed by atoms with Crippen molar-refractivity contribution in [3.05, 3.63) is 76.3 Å². The van der Waals surface area contributed by atoms with E-state index in [0.717, 1.165) is 38.3 Å². The van der Waals surface area contributed by atoms with E-state index in [2.05, 4.69) is 43.4 Å². The van der Waals surface area contributed by atoms with E-state index in [1.54, 1.807) is 36.4 Å². The monoisotopic (exact) mass is 728 g/mol. The fourth-order valence-electron chi connectivity index (χ4n) is 5.44. The number of hydrogen-bond donors (Lipinski definition) is 6. The Hall–Kier alpha value is -4.25. The van der Waals surface area contributed by atoms with Gasteiger partial charge in [0.1, 0.15) is 29.8 Å². The van der Waals surface area contributed by atoms with E-state index in [4.69, 9.17) is 14.2 Å². The van der Waals surface area contributed by atoms with Crippen LogP contribution in [0.15, 0.2) is 65.1 Å². The molecule has 5 atom stereocenters. The van der Waals surface area contributed by atoms with Crippen molar-refractivity contribution in [1.29, 1.82) is 0 Å². The van der Waals surface area contributed by atoms with Gasteiger partial charge in [0.25, 0.3) is 11.8 Å². The van der Waals surface area contributed by atoms with Crippen LogP contribution in [0.2, 0.25) is 0 Å². The van der Waals surface area contributed by atoms with Crippen LogP contribution in [0.25, 0.3) is 0 Å². The molecule has 0 saturated carbocycles. The number of carboxylic acid groups (broad SMARTS) is 1. The van der Waals surface area contributed by atoms with Gasteiger partial charge in [-0.2, -0.15) is 0 Å². The molecule has 15 heteroatoms. The van der Waals surface area contributed by atoms with Gasteiger partial charge in [-0.15, -0.1) is 0 Å². The number of methoxy groups -OCH3 is 1. The molecule has 2 aliphatic rings. The minimum absolute atomic E-state index is 0.0606. The van der Waals surface area contributed by atoms with Crippen molar-refractivity contribution in [2.45, 2.75) is 37.1 Å². The Morgan fingerprint density at radius 3 is 2.25 bits per heavy atom. The second-order valence-electron chi connectivity index (χ2n) is 11.5. The normalized spacial score (nSPS) is 23.1. The number of nitrogens with one attached hydrogen (secondary N) is 2. The maximum Gasteiger partial charge on any atom is 0.335 e. The van der Waals surface area contributed by atoms with Crippen LogP contribution in [-0.4, -0.2) is 114 Å². The van der Waals surface area contributed by atoms with Crippen LogP contribution >= 0.6 is 15.9 Å². The molecule has 2 fully saturated rings. The first-order chi connectivity index (χ1) is 22.9. The molecule has 14 nitrogen and oxygen atoms in total. The van der Waals surface area contributed by atoms with Crippen molar-refractivity contribution in [2.75, 3.05) is 55.9 Å². The third-order valence-corrected chi connectivity index (χ3v) is 8.63. The topological polar surface area (TPSA) is 190 Å². The number of halogens is 1. The summed E-state index contributed by atoms with van der Waals surface area (Å²) in [5.41, 5.74) is 1.47. The number of hydrogen-bond acceptors (Lipinski definition) is 11. The van der Waals surface area contributed by atoms with Gasteiger partial charge in [-0.3, -0.25) is 9.59 Å². The van der Waals surface area contributed by atoms with Gasteiger partial charge in [0.05, 0.1) is 18.4 Å². The highest BCUT2D eigenvalue weighted by molar-refractivity contribution is 9.10. The number of likely N-dealkylation sites (N-methyl/N-ethyl adjacent to an activating group) is 1. The highest BCUT2D eigenvalue weighted by Crippen LogP contribution is 2.36. The van der Waals surface area contributed by atoms with Gasteiger partial charge in [0.15, 0.2) is 6.10 Å². The Morgan fingerprint density at radius 1 is 0.875 bits per heavy atom. The molecule has 3 aromatic rings. The van der Waals surface area contributed by atoms with Crippen LogP contribution in [0.5, 0.6) is 11.5 Å². The summed E-state index contributed by atoms with van der Waals surface area (Å²) >= 11 is 3.34. The average Bonchev–Trinajstić information content (AvgIpc) is 3.30. The van der Waals surface area contributed by atoms with Crippen LogP contribution in [0, 0.1) is 0 Å². The molecule has 3 aromatic carbocycles. The number of aliphatic hydroxyl groups excluding tert-OH is 3. The Labute approximate surface area is 284 Å². The molecule has 0 radical (unpaired) electrons. The zero-order chi connectivity index (χ0) is 34.5. The fraction of sp³-hybridized carbons (Fsp3) is 0.364. The van der Waals surface area contributed by atoms with Crippen LogP contribution in [0.1, 0.15) is 27.1 Å². The van der Waals surface area contributed by atoms with Crippen LogP contribution < -0.4 is 25.0 Å². The van der Waals surface area contributed by atoms with Gasteiger partial charge in [0, 0.05) is 41.0 Å². The van der Waals surface area contributed by atoms with Crippen molar-refractivity contribution in [1.82, 2.24) is 4.90 Å². The lowest BCUT2D eigenvalue weighted by Crippen LogP contribution is -2.61. The predicted octanol–water partition coefficient (Wildman–Crippen LogP) is 2.38. The lowest BCUT2D eigenvalue weighted by atomic mass is 9.99. The molecule has 2 heterocycles. The Bertz CT molecular complexity index is 1620. The first kappa shape index (κ1) is 35.1. The molecule has 0 bridgehead atoms. The molecule has 6 N–H and O–H groups in total. The Kier molecular flexibility index (Phi) is 11.2. The van der Waals surface area contributed by atoms with Crippen molar-refractivity contribution >= 4 is 50.8 Å². The zero-order valence-electron chi connectivity index (χ0n) is 26.2. The van der Waals surface area contributed by atoms with Gasteiger partial charge < -0.3 is 55.1 Å². The van der Waals surface area contributed by atoms with E-state index in [0.29, 0.717) is 15.9 Å². The summed E-state index contributed by atoms with van der Waals surface area (Å²) in [5.74, 6) is -2.45. The number of ether oxygens (including phenoxy) is 3. The second-order valence-corrected chi connectivity index (χ2v) is 12.4. The van der Waals surface area contributed by atoms with Gasteiger partial charge in [-0.05, 0) is 80.7 Å². The number of nitrogens with zero attached hydrogens (tertiary/aromatic N) is 2. The van der Waals surface area contributed by atoms with Crippen LogP contribution in [-0.2, 0) is 9.53 Å². The Morgan fingerprint density at radius 2 is 1.58 bits per heavy atom.